The molecule has 5 heteroatoms. The molecule has 78 valence electrons. The third kappa shape index (κ3) is 1.12. The Morgan fingerprint density at radius 2 is 2.21 bits per heavy atom. The quantitative estimate of drug-likeness (QED) is 0.574. The largest absolute Gasteiger partial charge is 0.442 e. The molecule has 0 spiro atoms. The van der Waals surface area contributed by atoms with E-state index in [9.17, 15) is 4.79 Å². The van der Waals surface area contributed by atoms with E-state index in [1.165, 1.54) is 0 Å². The van der Waals surface area contributed by atoms with E-state index in [1.54, 1.807) is 0 Å². The Labute approximate surface area is 82.8 Å². The van der Waals surface area contributed by atoms with Crippen molar-refractivity contribution >= 4 is 6.09 Å². The van der Waals surface area contributed by atoms with Crippen LogP contribution >= 0.6 is 0 Å². The molecule has 0 radical (unpaired) electrons. The standard InChI is InChI=1S/C9H15N3O2/c13-9-12(6-1-2-10-3-6)7-4-11-5-8(7)14-9/h6-8,10-11H,1-5H2/t6?,7-,8+/m0/s1. The maximum atomic E-state index is 11.6. The fraction of sp³-hybridized carbons (Fsp3) is 0.889. The molecule has 3 rings (SSSR count). The molecule has 3 heterocycles. The van der Waals surface area contributed by atoms with Gasteiger partial charge in [-0.05, 0) is 13.0 Å². The number of fused-ring (bicyclic) bond motifs is 1. The van der Waals surface area contributed by atoms with E-state index in [1.807, 2.05) is 4.90 Å². The average Bonchev–Trinajstić information content (AvgIpc) is 2.78. The highest BCUT2D eigenvalue weighted by Gasteiger charge is 2.47. The molecule has 3 aliphatic rings. The smallest absolute Gasteiger partial charge is 0.410 e. The van der Waals surface area contributed by atoms with Crippen molar-refractivity contribution in [2.45, 2.75) is 24.6 Å². The van der Waals surface area contributed by atoms with Gasteiger partial charge in [-0.3, -0.25) is 4.90 Å². The van der Waals surface area contributed by atoms with Crippen molar-refractivity contribution in [1.82, 2.24) is 15.5 Å². The second-order valence-corrected chi connectivity index (χ2v) is 4.20. The van der Waals surface area contributed by atoms with Gasteiger partial charge in [0.1, 0.15) is 6.10 Å². The van der Waals surface area contributed by atoms with E-state index in [-0.39, 0.29) is 18.2 Å². The van der Waals surface area contributed by atoms with Crippen LogP contribution in [0.15, 0.2) is 0 Å². The van der Waals surface area contributed by atoms with Gasteiger partial charge in [0, 0.05) is 25.7 Å². The first kappa shape index (κ1) is 8.49. The minimum Gasteiger partial charge on any atom is -0.442 e. The van der Waals surface area contributed by atoms with Crippen molar-refractivity contribution in [2.75, 3.05) is 26.2 Å². The van der Waals surface area contributed by atoms with E-state index in [0.29, 0.717) is 6.04 Å². The van der Waals surface area contributed by atoms with E-state index in [0.717, 1.165) is 32.6 Å². The van der Waals surface area contributed by atoms with Crippen molar-refractivity contribution in [3.05, 3.63) is 0 Å². The Morgan fingerprint density at radius 1 is 1.29 bits per heavy atom. The molecule has 2 N–H and O–H groups in total. The van der Waals surface area contributed by atoms with Gasteiger partial charge in [0.2, 0.25) is 0 Å². The maximum absolute atomic E-state index is 11.6. The number of carbonyl (C=O) groups excluding carboxylic acids is 1. The first-order valence-corrected chi connectivity index (χ1v) is 5.26. The van der Waals surface area contributed by atoms with Crippen LogP contribution in [0.2, 0.25) is 0 Å². The summed E-state index contributed by atoms with van der Waals surface area (Å²) in [6, 6.07) is 0.616. The molecule has 3 atom stereocenters. The van der Waals surface area contributed by atoms with Crippen LogP contribution < -0.4 is 10.6 Å². The second kappa shape index (κ2) is 3.10. The van der Waals surface area contributed by atoms with Gasteiger partial charge in [-0.15, -0.1) is 0 Å². The molecule has 3 saturated heterocycles. The van der Waals surface area contributed by atoms with Crippen LogP contribution in [0.5, 0.6) is 0 Å². The summed E-state index contributed by atoms with van der Waals surface area (Å²) in [5.74, 6) is 0. The summed E-state index contributed by atoms with van der Waals surface area (Å²) in [5.41, 5.74) is 0. The van der Waals surface area contributed by atoms with Crippen LogP contribution in [0.3, 0.4) is 0 Å². The summed E-state index contributed by atoms with van der Waals surface area (Å²) in [7, 11) is 0. The fourth-order valence-corrected chi connectivity index (χ4v) is 2.66. The van der Waals surface area contributed by atoms with Crippen molar-refractivity contribution in [2.24, 2.45) is 0 Å². The van der Waals surface area contributed by atoms with E-state index < -0.39 is 0 Å². The van der Waals surface area contributed by atoms with E-state index in [2.05, 4.69) is 10.6 Å². The van der Waals surface area contributed by atoms with Gasteiger partial charge >= 0.3 is 6.09 Å². The van der Waals surface area contributed by atoms with Crippen molar-refractivity contribution < 1.29 is 9.53 Å². The van der Waals surface area contributed by atoms with Gasteiger partial charge in [0.25, 0.3) is 0 Å². The normalized spacial score (nSPS) is 41.6. The number of amides is 1. The van der Waals surface area contributed by atoms with Gasteiger partial charge in [0.15, 0.2) is 0 Å². The molecular weight excluding hydrogens is 182 g/mol. The molecule has 0 aromatic heterocycles. The zero-order valence-electron chi connectivity index (χ0n) is 8.03. The first-order valence-electron chi connectivity index (χ1n) is 5.26. The van der Waals surface area contributed by atoms with Crippen molar-refractivity contribution in [3.63, 3.8) is 0 Å². The van der Waals surface area contributed by atoms with Crippen LogP contribution in [0.4, 0.5) is 4.79 Å². The number of hydrogen-bond donors (Lipinski definition) is 2. The number of ether oxygens (including phenoxy) is 1. The molecule has 0 bridgehead atoms. The molecular formula is C9H15N3O2. The summed E-state index contributed by atoms with van der Waals surface area (Å²) in [4.78, 5) is 13.6. The van der Waals surface area contributed by atoms with Gasteiger partial charge in [-0.1, -0.05) is 0 Å². The Morgan fingerprint density at radius 3 is 3.00 bits per heavy atom. The molecule has 1 unspecified atom stereocenters. The van der Waals surface area contributed by atoms with Gasteiger partial charge < -0.3 is 15.4 Å². The maximum Gasteiger partial charge on any atom is 0.410 e. The third-order valence-corrected chi connectivity index (χ3v) is 3.38. The van der Waals surface area contributed by atoms with E-state index >= 15 is 0 Å². The monoisotopic (exact) mass is 197 g/mol. The molecule has 14 heavy (non-hydrogen) atoms. The topological polar surface area (TPSA) is 53.6 Å². The summed E-state index contributed by atoms with van der Waals surface area (Å²) in [6.07, 6.45) is 1.02. The van der Waals surface area contributed by atoms with Crippen LogP contribution in [-0.2, 0) is 4.74 Å². The predicted octanol–water partition coefficient (Wildman–Crippen LogP) is -0.859. The Hall–Kier alpha value is -0.810. The van der Waals surface area contributed by atoms with Gasteiger partial charge in [-0.25, -0.2) is 4.79 Å². The highest BCUT2D eigenvalue weighted by molar-refractivity contribution is 5.71. The molecule has 5 nitrogen and oxygen atoms in total. The number of nitrogens with one attached hydrogen (secondary N) is 2. The lowest BCUT2D eigenvalue weighted by Crippen LogP contribution is -2.45. The molecule has 0 saturated carbocycles. The molecule has 3 fully saturated rings. The zero-order chi connectivity index (χ0) is 9.54. The minimum atomic E-state index is -0.116. The van der Waals surface area contributed by atoms with Crippen LogP contribution in [0, 0.1) is 0 Å². The highest BCUT2D eigenvalue weighted by atomic mass is 16.6. The average molecular weight is 197 g/mol. The molecule has 0 aliphatic carbocycles. The number of hydrogen-bond acceptors (Lipinski definition) is 4. The summed E-state index contributed by atoms with van der Waals surface area (Å²) >= 11 is 0. The molecule has 1 amide bonds. The SMILES string of the molecule is O=C1O[C@@H]2CNC[C@@H]2N1C1CCNC1. The number of nitrogens with zero attached hydrogens (tertiary/aromatic N) is 1. The fourth-order valence-electron chi connectivity index (χ4n) is 2.66. The highest BCUT2D eigenvalue weighted by Crippen LogP contribution is 2.26. The minimum absolute atomic E-state index is 0.0862. The number of carbonyl (C=O) groups is 1. The summed E-state index contributed by atoms with van der Waals surface area (Å²) in [5, 5.41) is 6.54. The first-order chi connectivity index (χ1) is 6.86. The summed E-state index contributed by atoms with van der Waals surface area (Å²) < 4.78 is 5.31. The molecule has 0 aromatic carbocycles. The number of rotatable bonds is 1. The molecule has 3 aliphatic heterocycles. The molecule has 0 aromatic rings. The van der Waals surface area contributed by atoms with Crippen LogP contribution in [0.25, 0.3) is 0 Å². The zero-order valence-corrected chi connectivity index (χ0v) is 8.03. The Bertz CT molecular complexity index is 252. The Balaban J connectivity index is 1.79. The summed E-state index contributed by atoms with van der Waals surface area (Å²) in [6.45, 7) is 3.62. The van der Waals surface area contributed by atoms with E-state index in [4.69, 9.17) is 4.74 Å². The lowest BCUT2D eigenvalue weighted by atomic mass is 10.1. The van der Waals surface area contributed by atoms with Crippen molar-refractivity contribution in [1.29, 1.82) is 0 Å². The van der Waals surface area contributed by atoms with Gasteiger partial charge in [-0.2, -0.15) is 0 Å². The van der Waals surface area contributed by atoms with Crippen LogP contribution in [0.1, 0.15) is 6.42 Å². The van der Waals surface area contributed by atoms with Gasteiger partial charge in [0.05, 0.1) is 6.04 Å². The third-order valence-electron chi connectivity index (χ3n) is 3.38. The lowest BCUT2D eigenvalue weighted by Gasteiger charge is -2.25. The second-order valence-electron chi connectivity index (χ2n) is 4.20. The predicted molar refractivity (Wildman–Crippen MR) is 50.0 cm³/mol. The van der Waals surface area contributed by atoms with Crippen molar-refractivity contribution in [3.8, 4) is 0 Å². The lowest BCUT2D eigenvalue weighted by molar-refractivity contribution is 0.129. The van der Waals surface area contributed by atoms with Crippen LogP contribution in [-0.4, -0.2) is 55.4 Å². The Kier molecular flexibility index (Phi) is 1.88.